The predicted octanol–water partition coefficient (Wildman–Crippen LogP) is 9.26. The average molecular weight is 636 g/mol. The van der Waals surface area contributed by atoms with Crippen LogP contribution in [0.1, 0.15) is 82.4 Å². The Labute approximate surface area is 285 Å². The van der Waals surface area contributed by atoms with Gasteiger partial charge in [-0.2, -0.15) is 0 Å². The first-order valence-electron chi connectivity index (χ1n) is 17.8. The Kier molecular flexibility index (Phi) is 6.07. The summed E-state index contributed by atoms with van der Waals surface area (Å²) < 4.78 is 28.1. The third kappa shape index (κ3) is 4.60. The first-order valence-corrected chi connectivity index (χ1v) is 16.8. The highest BCUT2D eigenvalue weighted by atomic mass is 16.5. The molecule has 5 heterocycles. The van der Waals surface area contributed by atoms with Gasteiger partial charge in [0.15, 0.2) is 0 Å². The first-order chi connectivity index (χ1) is 23.5. The van der Waals surface area contributed by atoms with Gasteiger partial charge in [-0.1, -0.05) is 51.1 Å². The highest BCUT2D eigenvalue weighted by molar-refractivity contribution is 6.10. The molecule has 0 saturated carbocycles. The van der Waals surface area contributed by atoms with Crippen LogP contribution in [0.2, 0.25) is 0 Å². The van der Waals surface area contributed by atoms with Gasteiger partial charge in [-0.25, -0.2) is 4.99 Å². The Balaban J connectivity index is 1.31. The minimum absolute atomic E-state index is 0.00544. The number of aryl methyl sites for hydroxylation is 4. The Morgan fingerprint density at radius 3 is 2.40 bits per heavy atom. The number of fused-ring (bicyclic) bond motifs is 5. The number of para-hydroxylation sites is 1. The summed E-state index contributed by atoms with van der Waals surface area (Å²) in [5.41, 5.74) is 9.79. The molecule has 6 aromatic rings. The number of ether oxygens (including phenoxy) is 1. The number of pyridine rings is 3. The minimum atomic E-state index is -1.79. The van der Waals surface area contributed by atoms with E-state index in [1.165, 1.54) is 5.56 Å². The fourth-order valence-electron chi connectivity index (χ4n) is 7.53. The second-order valence-electron chi connectivity index (χ2n) is 15.0. The minimum Gasteiger partial charge on any atom is -0.468 e. The van der Waals surface area contributed by atoms with Crippen LogP contribution in [0.5, 0.6) is 0 Å². The van der Waals surface area contributed by atoms with Gasteiger partial charge >= 0.3 is 0 Å². The first kappa shape index (κ1) is 28.2. The topological polar surface area (TPSA) is 65.2 Å². The molecule has 0 amide bonds. The van der Waals surface area contributed by atoms with Gasteiger partial charge in [0.2, 0.25) is 5.90 Å². The van der Waals surface area contributed by atoms with E-state index in [2.05, 4.69) is 91.0 Å². The van der Waals surface area contributed by atoms with Crippen molar-refractivity contribution in [1.82, 2.24) is 19.5 Å². The maximum atomic E-state index is 9.49. The van der Waals surface area contributed by atoms with Crippen LogP contribution >= 0.6 is 0 Å². The van der Waals surface area contributed by atoms with Crippen LogP contribution in [0.15, 0.2) is 77.9 Å². The van der Waals surface area contributed by atoms with Crippen LogP contribution in [0.3, 0.4) is 0 Å². The molecule has 0 radical (unpaired) electrons. The maximum absolute atomic E-state index is 9.49. The standard InChI is InChI=1S/C42H43N5O/c1-24-18-29-22-41(8)42(9,23-34(29)26(3)44-24)48-39(46-41)33-21-37(27(4)45-25(33)2)47-36-13-11-10-12-31(36)32-15-14-28(19-38(32)47)35-20-30(16-17-43-35)40(5,6)7/h10-21H,22-23H2,1-9H3/t41-,42-/m0/s1/i22D2. The fourth-order valence-corrected chi connectivity index (χ4v) is 7.53. The van der Waals surface area contributed by atoms with Crippen molar-refractivity contribution in [2.24, 2.45) is 4.99 Å². The monoisotopic (exact) mass is 635 g/mol. The van der Waals surface area contributed by atoms with Crippen LogP contribution in [-0.4, -0.2) is 36.6 Å². The van der Waals surface area contributed by atoms with Crippen LogP contribution in [0, 0.1) is 27.7 Å². The Morgan fingerprint density at radius 1 is 0.833 bits per heavy atom. The van der Waals surface area contributed by atoms with E-state index in [4.69, 9.17) is 19.7 Å². The molecule has 2 aliphatic rings. The van der Waals surface area contributed by atoms with Gasteiger partial charge < -0.3 is 9.30 Å². The Hall–Kier alpha value is -4.84. The van der Waals surface area contributed by atoms with Gasteiger partial charge in [0, 0.05) is 49.5 Å². The smallest absolute Gasteiger partial charge is 0.219 e. The van der Waals surface area contributed by atoms with E-state index in [0.717, 1.165) is 72.7 Å². The van der Waals surface area contributed by atoms with E-state index in [0.29, 0.717) is 17.9 Å². The third-order valence-corrected chi connectivity index (χ3v) is 10.5. The molecule has 0 fully saturated rings. The number of nitrogens with zero attached hydrogens (tertiary/aromatic N) is 5. The van der Waals surface area contributed by atoms with E-state index in [-0.39, 0.29) is 5.41 Å². The molecule has 2 aromatic carbocycles. The van der Waals surface area contributed by atoms with Crippen molar-refractivity contribution >= 4 is 27.7 Å². The zero-order valence-electron chi connectivity index (χ0n) is 31.3. The molecule has 0 saturated heterocycles. The van der Waals surface area contributed by atoms with Gasteiger partial charge in [0.25, 0.3) is 0 Å². The molecule has 0 unspecified atom stereocenters. The molecule has 2 atom stereocenters. The quantitative estimate of drug-likeness (QED) is 0.194. The van der Waals surface area contributed by atoms with Crippen molar-refractivity contribution < 1.29 is 7.48 Å². The summed E-state index contributed by atoms with van der Waals surface area (Å²) in [6.07, 6.45) is 0.624. The number of aliphatic imine (C=N–C) groups is 1. The largest absolute Gasteiger partial charge is 0.468 e. The number of hydrogen-bond acceptors (Lipinski definition) is 5. The lowest BCUT2D eigenvalue weighted by molar-refractivity contribution is 0.0268. The number of rotatable bonds is 3. The lowest BCUT2D eigenvalue weighted by Crippen LogP contribution is -2.53. The fraction of sp³-hybridized carbons (Fsp3) is 0.333. The average Bonchev–Trinajstić information content (AvgIpc) is 3.53. The molecule has 1 aliphatic carbocycles. The molecule has 1 aliphatic heterocycles. The van der Waals surface area contributed by atoms with Crippen LogP contribution in [0.4, 0.5) is 0 Å². The highest BCUT2D eigenvalue weighted by Crippen LogP contribution is 2.47. The van der Waals surface area contributed by atoms with Crippen LogP contribution in [-0.2, 0) is 22.9 Å². The summed E-state index contributed by atoms with van der Waals surface area (Å²) in [5, 5.41) is 2.29. The number of benzene rings is 2. The van der Waals surface area contributed by atoms with Gasteiger partial charge in [0.1, 0.15) is 11.1 Å². The summed E-state index contributed by atoms with van der Waals surface area (Å²) in [7, 11) is 0. The number of aromatic nitrogens is 4. The second-order valence-corrected chi connectivity index (χ2v) is 15.0. The van der Waals surface area contributed by atoms with Gasteiger partial charge in [-0.15, -0.1) is 0 Å². The van der Waals surface area contributed by atoms with Crippen molar-refractivity contribution in [1.29, 1.82) is 0 Å². The van der Waals surface area contributed by atoms with Crippen molar-refractivity contribution in [2.75, 3.05) is 0 Å². The molecule has 6 heteroatoms. The maximum Gasteiger partial charge on any atom is 0.219 e. The SMILES string of the molecule is [2H]C1([2H])c2cc(C)nc(C)c2C[C@]2(C)OC(c3cc(-n4c5ccccc5c5ccc(-c6cc(C(C)(C)C)ccn6)cc54)c(C)nc3C)=N[C@@]12C. The lowest BCUT2D eigenvalue weighted by Gasteiger charge is -2.42. The van der Waals surface area contributed by atoms with Gasteiger partial charge in [-0.05, 0) is 100 Å². The second kappa shape index (κ2) is 10.3. The van der Waals surface area contributed by atoms with Crippen molar-refractivity contribution in [2.45, 2.75) is 91.7 Å². The van der Waals surface area contributed by atoms with Crippen molar-refractivity contribution in [3.05, 3.63) is 118 Å². The van der Waals surface area contributed by atoms with E-state index < -0.39 is 17.5 Å². The van der Waals surface area contributed by atoms with E-state index in [1.54, 1.807) is 0 Å². The molecule has 8 rings (SSSR count). The summed E-state index contributed by atoms with van der Waals surface area (Å²) in [4.78, 5) is 19.7. The normalized spacial score (nSPS) is 22.1. The van der Waals surface area contributed by atoms with E-state index in [9.17, 15) is 2.74 Å². The van der Waals surface area contributed by atoms with Crippen LogP contribution in [0.25, 0.3) is 38.8 Å². The molecule has 6 nitrogen and oxygen atoms in total. The zero-order valence-corrected chi connectivity index (χ0v) is 29.3. The third-order valence-electron chi connectivity index (χ3n) is 10.5. The Bertz CT molecular complexity index is 2440. The predicted molar refractivity (Wildman–Crippen MR) is 196 cm³/mol. The lowest BCUT2D eigenvalue weighted by atomic mass is 9.69. The summed E-state index contributed by atoms with van der Waals surface area (Å²) in [5.74, 6) is 0.421. The Morgan fingerprint density at radius 2 is 1.60 bits per heavy atom. The van der Waals surface area contributed by atoms with Gasteiger partial charge in [0.05, 0.1) is 39.4 Å². The molecule has 242 valence electrons. The zero-order chi connectivity index (χ0) is 35.5. The van der Waals surface area contributed by atoms with Gasteiger partial charge in [-0.3, -0.25) is 15.0 Å². The summed E-state index contributed by atoms with van der Waals surface area (Å²) in [6.45, 7) is 18.4. The molecule has 0 N–H and O–H groups in total. The van der Waals surface area contributed by atoms with Crippen LogP contribution < -0.4 is 0 Å². The molecule has 0 bridgehead atoms. The molecule has 48 heavy (non-hydrogen) atoms. The molecule has 0 spiro atoms. The van der Waals surface area contributed by atoms with Crippen molar-refractivity contribution in [3.8, 4) is 16.9 Å². The highest BCUT2D eigenvalue weighted by Gasteiger charge is 2.55. The number of hydrogen-bond donors (Lipinski definition) is 0. The van der Waals surface area contributed by atoms with E-state index in [1.807, 2.05) is 53.8 Å². The van der Waals surface area contributed by atoms with E-state index >= 15 is 0 Å². The molecular weight excluding hydrogens is 590 g/mol. The molecular formula is C42H43N5O. The summed E-state index contributed by atoms with van der Waals surface area (Å²) in [6, 6.07) is 23.3. The van der Waals surface area contributed by atoms with Crippen molar-refractivity contribution in [3.63, 3.8) is 0 Å². The summed E-state index contributed by atoms with van der Waals surface area (Å²) >= 11 is 0. The molecule has 4 aromatic heterocycles.